The maximum Gasteiger partial charge on any atom is 0.319 e. The van der Waals surface area contributed by atoms with E-state index in [0.717, 1.165) is 12.1 Å². The molecule has 134 valence electrons. The van der Waals surface area contributed by atoms with Gasteiger partial charge in [-0.25, -0.2) is 9.18 Å². The molecule has 0 bridgehead atoms. The Labute approximate surface area is 158 Å². The lowest BCUT2D eigenvalue weighted by molar-refractivity contribution is 0.184. The lowest BCUT2D eigenvalue weighted by Gasteiger charge is -2.15. The fourth-order valence-electron chi connectivity index (χ4n) is 1.88. The van der Waals surface area contributed by atoms with Crippen molar-refractivity contribution in [3.8, 4) is 0 Å². The second-order valence-electron chi connectivity index (χ2n) is 5.01. The zero-order valence-electron chi connectivity index (χ0n) is 12.7. The van der Waals surface area contributed by atoms with Crippen LogP contribution in [-0.2, 0) is 0 Å². The Morgan fingerprint density at radius 2 is 1.84 bits per heavy atom. The third-order valence-corrected chi connectivity index (χ3v) is 3.78. The van der Waals surface area contributed by atoms with Crippen molar-refractivity contribution in [1.82, 2.24) is 10.3 Å². The predicted octanol–water partition coefficient (Wildman–Crippen LogP) is 3.78. The number of nitrogens with zero attached hydrogens (tertiary/aromatic N) is 1. The number of aliphatic hydroxyl groups excluding tert-OH is 1. The van der Waals surface area contributed by atoms with Crippen molar-refractivity contribution in [3.63, 3.8) is 0 Å². The summed E-state index contributed by atoms with van der Waals surface area (Å²) in [6.07, 6.45) is 1.91. The summed E-state index contributed by atoms with van der Waals surface area (Å²) < 4.78 is 13.2. The lowest BCUT2D eigenvalue weighted by Crippen LogP contribution is -2.38. The van der Waals surface area contributed by atoms with E-state index in [1.165, 1.54) is 18.5 Å². The van der Waals surface area contributed by atoms with Gasteiger partial charge in [0.15, 0.2) is 0 Å². The van der Waals surface area contributed by atoms with Gasteiger partial charge >= 0.3 is 6.03 Å². The summed E-state index contributed by atoms with van der Waals surface area (Å²) in [7, 11) is 0. The highest BCUT2D eigenvalue weighted by Gasteiger charge is 2.11. The molecule has 10 heteroatoms. The molecule has 0 spiro atoms. The highest BCUT2D eigenvalue weighted by Crippen LogP contribution is 2.28. The number of hydrogen-bond acceptors (Lipinski definition) is 4. The van der Waals surface area contributed by atoms with Crippen molar-refractivity contribution in [2.45, 2.75) is 6.10 Å². The maximum absolute atomic E-state index is 13.2. The van der Waals surface area contributed by atoms with E-state index in [9.17, 15) is 14.3 Å². The van der Waals surface area contributed by atoms with Crippen LogP contribution in [0.1, 0.15) is 0 Å². The maximum atomic E-state index is 13.2. The average molecular weight is 408 g/mol. The Balaban J connectivity index is 1.79. The van der Waals surface area contributed by atoms with E-state index in [2.05, 4.69) is 20.9 Å². The molecule has 1 unspecified atom stereocenters. The number of aliphatic hydroxyl groups is 1. The van der Waals surface area contributed by atoms with E-state index in [1.54, 1.807) is 0 Å². The zero-order valence-corrected chi connectivity index (χ0v) is 15.0. The summed E-state index contributed by atoms with van der Waals surface area (Å²) in [6, 6.07) is 3.03. The van der Waals surface area contributed by atoms with Gasteiger partial charge in [0, 0.05) is 36.2 Å². The Hall–Kier alpha value is -1.80. The highest BCUT2D eigenvalue weighted by molar-refractivity contribution is 6.38. The lowest BCUT2D eigenvalue weighted by atomic mass is 10.3. The molecule has 2 aromatic rings. The summed E-state index contributed by atoms with van der Waals surface area (Å²) >= 11 is 17.6. The number of nitrogens with one attached hydrogen (secondary N) is 3. The van der Waals surface area contributed by atoms with Crippen molar-refractivity contribution in [3.05, 3.63) is 51.5 Å². The van der Waals surface area contributed by atoms with Gasteiger partial charge in [0.25, 0.3) is 0 Å². The van der Waals surface area contributed by atoms with Crippen LogP contribution < -0.4 is 16.0 Å². The first kappa shape index (κ1) is 19.5. The largest absolute Gasteiger partial charge is 0.389 e. The van der Waals surface area contributed by atoms with Crippen LogP contribution in [0.5, 0.6) is 0 Å². The molecule has 0 fully saturated rings. The fraction of sp³-hybridized carbons (Fsp3) is 0.200. The van der Waals surface area contributed by atoms with Gasteiger partial charge in [-0.05, 0) is 18.2 Å². The van der Waals surface area contributed by atoms with Gasteiger partial charge in [-0.3, -0.25) is 4.98 Å². The molecule has 0 aliphatic carbocycles. The molecule has 1 aromatic heterocycles. The summed E-state index contributed by atoms with van der Waals surface area (Å²) in [5.74, 6) is -0.571. The van der Waals surface area contributed by atoms with Gasteiger partial charge in [-0.15, -0.1) is 0 Å². The second-order valence-corrected chi connectivity index (χ2v) is 6.26. The SMILES string of the molecule is O=C(NCC(O)CNc1c(Cl)cncc1Cl)Nc1cc(F)cc(Cl)c1. The summed E-state index contributed by atoms with van der Waals surface area (Å²) in [5.41, 5.74) is 0.640. The Morgan fingerprint density at radius 1 is 1.16 bits per heavy atom. The number of rotatable bonds is 6. The van der Waals surface area contributed by atoms with Crippen molar-refractivity contribution < 1.29 is 14.3 Å². The Kier molecular flexibility index (Phi) is 7.07. The minimum atomic E-state index is -0.915. The van der Waals surface area contributed by atoms with Crippen molar-refractivity contribution in [2.75, 3.05) is 23.7 Å². The number of halogens is 4. The molecule has 1 aromatic carbocycles. The van der Waals surface area contributed by atoms with Crippen LogP contribution in [0.3, 0.4) is 0 Å². The van der Waals surface area contributed by atoms with Crippen LogP contribution in [0.15, 0.2) is 30.6 Å². The molecule has 0 aliphatic rings. The predicted molar refractivity (Wildman–Crippen MR) is 97.2 cm³/mol. The van der Waals surface area contributed by atoms with E-state index >= 15 is 0 Å². The number of amides is 2. The van der Waals surface area contributed by atoms with E-state index in [0.29, 0.717) is 15.7 Å². The average Bonchev–Trinajstić information content (AvgIpc) is 2.51. The van der Waals surface area contributed by atoms with Gasteiger partial charge in [0.05, 0.1) is 21.8 Å². The molecular weight excluding hydrogens is 394 g/mol. The van der Waals surface area contributed by atoms with Crippen LogP contribution in [-0.4, -0.2) is 35.3 Å². The van der Waals surface area contributed by atoms with E-state index in [4.69, 9.17) is 34.8 Å². The molecule has 1 atom stereocenters. The standard InChI is InChI=1S/C15H14Cl3FN4O2/c16-8-1-9(19)3-10(2-8)23-15(25)22-5-11(24)4-21-14-12(17)6-20-7-13(14)18/h1-3,6-7,11,24H,4-5H2,(H,20,21)(H2,22,23,25). The van der Waals surface area contributed by atoms with Crippen LogP contribution in [0, 0.1) is 5.82 Å². The topological polar surface area (TPSA) is 86.3 Å². The number of urea groups is 1. The normalized spacial score (nSPS) is 11.7. The quantitative estimate of drug-likeness (QED) is 0.587. The third-order valence-electron chi connectivity index (χ3n) is 2.99. The van der Waals surface area contributed by atoms with Crippen LogP contribution in [0.4, 0.5) is 20.6 Å². The third kappa shape index (κ3) is 6.21. The second kappa shape index (κ2) is 9.05. The van der Waals surface area contributed by atoms with Crippen LogP contribution >= 0.6 is 34.8 Å². The molecule has 0 saturated carbocycles. The number of aromatic nitrogens is 1. The molecule has 2 rings (SSSR count). The zero-order chi connectivity index (χ0) is 18.4. The number of anilines is 2. The molecule has 2 amide bonds. The molecule has 0 radical (unpaired) electrons. The van der Waals surface area contributed by atoms with Crippen molar-refractivity contribution in [1.29, 1.82) is 0 Å². The van der Waals surface area contributed by atoms with Crippen molar-refractivity contribution in [2.24, 2.45) is 0 Å². The van der Waals surface area contributed by atoms with Gasteiger partial charge in [-0.2, -0.15) is 0 Å². The van der Waals surface area contributed by atoms with E-state index in [-0.39, 0.29) is 23.8 Å². The monoisotopic (exact) mass is 406 g/mol. The Bertz CT molecular complexity index is 723. The minimum absolute atomic E-state index is 0.0534. The summed E-state index contributed by atoms with van der Waals surface area (Å²) in [5, 5.41) is 18.4. The molecule has 25 heavy (non-hydrogen) atoms. The van der Waals surface area contributed by atoms with E-state index < -0.39 is 18.0 Å². The van der Waals surface area contributed by atoms with E-state index in [1.807, 2.05) is 0 Å². The van der Waals surface area contributed by atoms with Gasteiger partial charge in [0.2, 0.25) is 0 Å². The van der Waals surface area contributed by atoms with Gasteiger partial charge in [-0.1, -0.05) is 34.8 Å². The minimum Gasteiger partial charge on any atom is -0.389 e. The number of pyridine rings is 1. The molecule has 4 N–H and O–H groups in total. The van der Waals surface area contributed by atoms with Crippen LogP contribution in [0.25, 0.3) is 0 Å². The first-order valence-electron chi connectivity index (χ1n) is 7.07. The summed E-state index contributed by atoms with van der Waals surface area (Å²) in [4.78, 5) is 15.6. The molecular formula is C15H14Cl3FN4O2. The summed E-state index contributed by atoms with van der Waals surface area (Å²) in [6.45, 7) is 0.0394. The first-order chi connectivity index (χ1) is 11.8. The molecule has 0 aliphatic heterocycles. The van der Waals surface area contributed by atoms with Crippen molar-refractivity contribution >= 4 is 52.2 Å². The number of carbonyl (C=O) groups is 1. The number of benzene rings is 1. The fourth-order valence-corrected chi connectivity index (χ4v) is 2.60. The smallest absolute Gasteiger partial charge is 0.319 e. The molecule has 0 saturated heterocycles. The Morgan fingerprint density at radius 3 is 2.48 bits per heavy atom. The van der Waals surface area contributed by atoms with Gasteiger partial charge in [0.1, 0.15) is 5.82 Å². The first-order valence-corrected chi connectivity index (χ1v) is 8.20. The number of hydrogen-bond donors (Lipinski definition) is 4. The highest BCUT2D eigenvalue weighted by atomic mass is 35.5. The van der Waals surface area contributed by atoms with Gasteiger partial charge < -0.3 is 21.1 Å². The molecule has 1 heterocycles. The molecule has 6 nitrogen and oxygen atoms in total. The van der Waals surface area contributed by atoms with Crippen LogP contribution in [0.2, 0.25) is 15.1 Å². The number of carbonyl (C=O) groups excluding carboxylic acids is 1.